The Balaban J connectivity index is 0.000000500. The zero-order chi connectivity index (χ0) is 6.16. The third-order valence-corrected chi connectivity index (χ3v) is 2.85. The number of halogens is 1. The van der Waals surface area contributed by atoms with Crippen LogP contribution >= 0.6 is 12.4 Å². The molecule has 1 aliphatic carbocycles. The standard InChI is InChI=1S/C8H15N.ClH/c1-2-8(3-4-8)5-7-9-6-1;/h9H,1-7H2;1H. The summed E-state index contributed by atoms with van der Waals surface area (Å²) in [4.78, 5) is 0. The van der Waals surface area contributed by atoms with Crippen molar-refractivity contribution in [3.63, 3.8) is 0 Å². The molecule has 10 heavy (non-hydrogen) atoms. The molecule has 0 atom stereocenters. The third kappa shape index (κ3) is 1.64. The molecule has 2 aliphatic rings. The average Bonchev–Trinajstić information content (AvgIpc) is 2.64. The molecular formula is C8H16ClN. The number of hydrogen-bond acceptors (Lipinski definition) is 1. The minimum Gasteiger partial charge on any atom is -0.317 e. The van der Waals surface area contributed by atoms with Crippen molar-refractivity contribution in [1.82, 2.24) is 5.32 Å². The Morgan fingerprint density at radius 1 is 0.900 bits per heavy atom. The maximum absolute atomic E-state index is 3.44. The van der Waals surface area contributed by atoms with E-state index in [1.165, 1.54) is 45.2 Å². The van der Waals surface area contributed by atoms with E-state index in [1.807, 2.05) is 0 Å². The van der Waals surface area contributed by atoms with Crippen molar-refractivity contribution >= 4 is 12.4 Å². The number of hydrogen-bond donors (Lipinski definition) is 1. The van der Waals surface area contributed by atoms with Gasteiger partial charge in [-0.25, -0.2) is 0 Å². The molecular weight excluding hydrogens is 146 g/mol. The van der Waals surface area contributed by atoms with Gasteiger partial charge in [0.25, 0.3) is 0 Å². The molecule has 1 N–H and O–H groups in total. The Morgan fingerprint density at radius 2 is 1.70 bits per heavy atom. The van der Waals surface area contributed by atoms with E-state index in [9.17, 15) is 0 Å². The third-order valence-electron chi connectivity index (χ3n) is 2.85. The van der Waals surface area contributed by atoms with Crippen molar-refractivity contribution in [2.75, 3.05) is 13.1 Å². The van der Waals surface area contributed by atoms with Crippen LogP contribution < -0.4 is 5.32 Å². The second-order valence-corrected chi connectivity index (χ2v) is 3.60. The molecule has 0 amide bonds. The molecule has 60 valence electrons. The Kier molecular flexibility index (Phi) is 2.59. The molecule has 0 aromatic carbocycles. The molecule has 1 saturated carbocycles. The molecule has 0 unspecified atom stereocenters. The monoisotopic (exact) mass is 161 g/mol. The van der Waals surface area contributed by atoms with Crippen molar-refractivity contribution in [1.29, 1.82) is 0 Å². The van der Waals surface area contributed by atoms with Gasteiger partial charge in [-0.05, 0) is 50.6 Å². The quantitative estimate of drug-likeness (QED) is 0.573. The minimum absolute atomic E-state index is 0. The summed E-state index contributed by atoms with van der Waals surface area (Å²) in [5.74, 6) is 0. The van der Waals surface area contributed by atoms with Gasteiger partial charge in [-0.3, -0.25) is 0 Å². The average molecular weight is 162 g/mol. The SMILES string of the molecule is C1CNCCC2(C1)CC2.Cl. The van der Waals surface area contributed by atoms with Crippen LogP contribution in [0.15, 0.2) is 0 Å². The first-order valence-corrected chi connectivity index (χ1v) is 4.12. The Morgan fingerprint density at radius 3 is 2.40 bits per heavy atom. The van der Waals surface area contributed by atoms with E-state index >= 15 is 0 Å². The van der Waals surface area contributed by atoms with Gasteiger partial charge in [0.2, 0.25) is 0 Å². The zero-order valence-electron chi connectivity index (χ0n) is 6.36. The minimum atomic E-state index is 0. The van der Waals surface area contributed by atoms with E-state index in [4.69, 9.17) is 0 Å². The Bertz CT molecular complexity index is 99.8. The van der Waals surface area contributed by atoms with Crippen LogP contribution in [0.5, 0.6) is 0 Å². The van der Waals surface area contributed by atoms with Crippen LogP contribution in [0.25, 0.3) is 0 Å². The van der Waals surface area contributed by atoms with Crippen LogP contribution in [0.2, 0.25) is 0 Å². The van der Waals surface area contributed by atoms with Crippen LogP contribution in [0.3, 0.4) is 0 Å². The molecule has 0 bridgehead atoms. The van der Waals surface area contributed by atoms with Crippen LogP contribution in [-0.2, 0) is 0 Å². The van der Waals surface area contributed by atoms with Crippen LogP contribution in [0.4, 0.5) is 0 Å². The van der Waals surface area contributed by atoms with Gasteiger partial charge in [0, 0.05) is 0 Å². The van der Waals surface area contributed by atoms with Crippen LogP contribution in [0.1, 0.15) is 32.1 Å². The molecule has 2 fully saturated rings. The van der Waals surface area contributed by atoms with E-state index in [0.717, 1.165) is 5.41 Å². The fourth-order valence-corrected chi connectivity index (χ4v) is 1.87. The van der Waals surface area contributed by atoms with Crippen molar-refractivity contribution in [3.05, 3.63) is 0 Å². The molecule has 1 heterocycles. The second kappa shape index (κ2) is 3.10. The van der Waals surface area contributed by atoms with Gasteiger partial charge in [-0.2, -0.15) is 0 Å². The normalized spacial score (nSPS) is 28.8. The fourth-order valence-electron chi connectivity index (χ4n) is 1.87. The summed E-state index contributed by atoms with van der Waals surface area (Å²) < 4.78 is 0. The summed E-state index contributed by atoms with van der Waals surface area (Å²) in [6.45, 7) is 2.54. The molecule has 2 rings (SSSR count). The number of rotatable bonds is 0. The lowest BCUT2D eigenvalue weighted by molar-refractivity contribution is 0.452. The van der Waals surface area contributed by atoms with E-state index < -0.39 is 0 Å². The molecule has 2 heteroatoms. The van der Waals surface area contributed by atoms with Crippen molar-refractivity contribution in [2.45, 2.75) is 32.1 Å². The summed E-state index contributed by atoms with van der Waals surface area (Å²) in [6, 6.07) is 0. The Labute approximate surface area is 69.0 Å². The highest BCUT2D eigenvalue weighted by molar-refractivity contribution is 5.85. The molecule has 1 nitrogen and oxygen atoms in total. The van der Waals surface area contributed by atoms with Gasteiger partial charge in [0.15, 0.2) is 0 Å². The first-order valence-electron chi connectivity index (χ1n) is 4.12. The Hall–Kier alpha value is 0.250. The van der Waals surface area contributed by atoms with E-state index in [1.54, 1.807) is 0 Å². The predicted octanol–water partition coefficient (Wildman–Crippen LogP) is 1.96. The summed E-state index contributed by atoms with van der Waals surface area (Å²) in [5, 5.41) is 3.44. The van der Waals surface area contributed by atoms with Crippen LogP contribution in [0, 0.1) is 5.41 Å². The summed E-state index contributed by atoms with van der Waals surface area (Å²) >= 11 is 0. The van der Waals surface area contributed by atoms with Crippen LogP contribution in [-0.4, -0.2) is 13.1 Å². The summed E-state index contributed by atoms with van der Waals surface area (Å²) in [6.07, 6.45) is 7.41. The van der Waals surface area contributed by atoms with Crippen molar-refractivity contribution < 1.29 is 0 Å². The van der Waals surface area contributed by atoms with Gasteiger partial charge in [-0.15, -0.1) is 12.4 Å². The highest BCUT2D eigenvalue weighted by Gasteiger charge is 2.41. The first kappa shape index (κ1) is 8.35. The van der Waals surface area contributed by atoms with Gasteiger partial charge >= 0.3 is 0 Å². The lowest BCUT2D eigenvalue weighted by Crippen LogP contribution is -2.14. The van der Waals surface area contributed by atoms with E-state index in [0.29, 0.717) is 0 Å². The first-order chi connectivity index (χ1) is 4.41. The highest BCUT2D eigenvalue weighted by Crippen LogP contribution is 2.52. The van der Waals surface area contributed by atoms with Crippen molar-refractivity contribution in [3.8, 4) is 0 Å². The molecule has 1 spiro atoms. The molecule has 0 aromatic heterocycles. The summed E-state index contributed by atoms with van der Waals surface area (Å²) in [7, 11) is 0. The summed E-state index contributed by atoms with van der Waals surface area (Å²) in [5.41, 5.74) is 0.851. The predicted molar refractivity (Wildman–Crippen MR) is 45.6 cm³/mol. The smallest absolute Gasteiger partial charge is 0.00436 e. The van der Waals surface area contributed by atoms with Gasteiger partial charge in [-0.1, -0.05) is 0 Å². The fraction of sp³-hybridized carbons (Fsp3) is 1.00. The molecule has 1 aliphatic heterocycles. The lowest BCUT2D eigenvalue weighted by atomic mass is 9.98. The zero-order valence-corrected chi connectivity index (χ0v) is 7.17. The number of nitrogens with one attached hydrogen (secondary N) is 1. The maximum Gasteiger partial charge on any atom is -0.00436 e. The van der Waals surface area contributed by atoms with Crippen molar-refractivity contribution in [2.24, 2.45) is 5.41 Å². The van der Waals surface area contributed by atoms with Gasteiger partial charge in [0.05, 0.1) is 0 Å². The largest absolute Gasteiger partial charge is 0.317 e. The maximum atomic E-state index is 3.44. The highest BCUT2D eigenvalue weighted by atomic mass is 35.5. The van der Waals surface area contributed by atoms with Gasteiger partial charge in [0.1, 0.15) is 0 Å². The van der Waals surface area contributed by atoms with Gasteiger partial charge < -0.3 is 5.32 Å². The topological polar surface area (TPSA) is 12.0 Å². The molecule has 1 saturated heterocycles. The molecule has 0 radical (unpaired) electrons. The lowest BCUT2D eigenvalue weighted by Gasteiger charge is -2.07. The van der Waals surface area contributed by atoms with E-state index in [2.05, 4.69) is 5.32 Å². The van der Waals surface area contributed by atoms with E-state index in [-0.39, 0.29) is 12.4 Å². The second-order valence-electron chi connectivity index (χ2n) is 3.60. The molecule has 0 aromatic rings.